The first-order valence-electron chi connectivity index (χ1n) is 6.23. The van der Waals surface area contributed by atoms with Crippen LogP contribution in [0.2, 0.25) is 0 Å². The molecule has 0 bridgehead atoms. The fraction of sp³-hybridized carbons (Fsp3) is 0.500. The van der Waals surface area contributed by atoms with Crippen LogP contribution in [0.25, 0.3) is 0 Å². The molecular weight excluding hydrogens is 214 g/mol. The van der Waals surface area contributed by atoms with Crippen LogP contribution in [0.15, 0.2) is 24.3 Å². The van der Waals surface area contributed by atoms with Gasteiger partial charge in [0.25, 0.3) is 0 Å². The predicted molar refractivity (Wildman–Crippen MR) is 67.4 cm³/mol. The second-order valence-corrected chi connectivity index (χ2v) is 4.80. The highest BCUT2D eigenvalue weighted by Crippen LogP contribution is 2.15. The molecule has 1 aromatic rings. The van der Waals surface area contributed by atoms with Gasteiger partial charge in [0, 0.05) is 6.04 Å². The minimum atomic E-state index is -0.857. The van der Waals surface area contributed by atoms with E-state index < -0.39 is 5.97 Å². The van der Waals surface area contributed by atoms with Gasteiger partial charge in [0.15, 0.2) is 0 Å². The number of aromatic carboxylic acids is 1. The second kappa shape index (κ2) is 5.32. The van der Waals surface area contributed by atoms with E-state index in [0.717, 1.165) is 6.42 Å². The molecule has 0 saturated carbocycles. The third kappa shape index (κ3) is 3.07. The maximum atomic E-state index is 10.7. The highest BCUT2D eigenvalue weighted by Gasteiger charge is 2.18. The van der Waals surface area contributed by atoms with Crippen molar-refractivity contribution in [1.82, 2.24) is 4.90 Å². The van der Waals surface area contributed by atoms with Crippen LogP contribution in [-0.4, -0.2) is 35.1 Å². The van der Waals surface area contributed by atoms with Crippen molar-refractivity contribution >= 4 is 5.97 Å². The van der Waals surface area contributed by atoms with Gasteiger partial charge in [-0.25, -0.2) is 4.79 Å². The molecule has 2 rings (SSSR count). The lowest BCUT2D eigenvalue weighted by atomic mass is 10.0. The fourth-order valence-corrected chi connectivity index (χ4v) is 2.44. The minimum Gasteiger partial charge on any atom is -0.478 e. The van der Waals surface area contributed by atoms with Crippen LogP contribution in [0.5, 0.6) is 0 Å². The monoisotopic (exact) mass is 233 g/mol. The molecule has 0 aromatic heterocycles. The largest absolute Gasteiger partial charge is 0.478 e. The van der Waals surface area contributed by atoms with Gasteiger partial charge in [0.05, 0.1) is 5.56 Å². The second-order valence-electron chi connectivity index (χ2n) is 4.80. The minimum absolute atomic E-state index is 0.363. The molecule has 1 heterocycles. The van der Waals surface area contributed by atoms with Crippen LogP contribution in [0.3, 0.4) is 0 Å². The number of nitrogens with zero attached hydrogens (tertiary/aromatic N) is 1. The lowest BCUT2D eigenvalue weighted by Gasteiger charge is -2.23. The van der Waals surface area contributed by atoms with E-state index in [1.807, 2.05) is 12.1 Å². The van der Waals surface area contributed by atoms with Crippen molar-refractivity contribution in [3.05, 3.63) is 35.4 Å². The molecule has 0 aliphatic carbocycles. The topological polar surface area (TPSA) is 40.5 Å². The summed E-state index contributed by atoms with van der Waals surface area (Å²) in [5.41, 5.74) is 1.58. The molecular formula is C14H19NO2. The molecule has 1 N–H and O–H groups in total. The first-order valence-corrected chi connectivity index (χ1v) is 6.23. The Hall–Kier alpha value is -1.35. The molecule has 0 spiro atoms. The average Bonchev–Trinajstić information content (AvgIpc) is 2.83. The Kier molecular flexibility index (Phi) is 3.79. The van der Waals surface area contributed by atoms with Crippen LogP contribution in [0.1, 0.15) is 35.7 Å². The van der Waals surface area contributed by atoms with Gasteiger partial charge in [0.1, 0.15) is 0 Å². The number of hydrogen-bond acceptors (Lipinski definition) is 2. The zero-order valence-corrected chi connectivity index (χ0v) is 10.2. The normalized spacial score (nSPS) is 18.2. The maximum Gasteiger partial charge on any atom is 0.335 e. The van der Waals surface area contributed by atoms with Crippen LogP contribution in [0.4, 0.5) is 0 Å². The van der Waals surface area contributed by atoms with Crippen molar-refractivity contribution in [2.45, 2.75) is 32.2 Å². The summed E-state index contributed by atoms with van der Waals surface area (Å²) in [6.07, 6.45) is 3.62. The SMILES string of the molecule is CC(Cc1ccc(C(=O)O)cc1)N1CCCC1. The molecule has 0 radical (unpaired) electrons. The maximum absolute atomic E-state index is 10.7. The van der Waals surface area contributed by atoms with Gasteiger partial charge in [-0.05, 0) is 57.0 Å². The molecule has 3 nitrogen and oxygen atoms in total. The van der Waals surface area contributed by atoms with Crippen LogP contribution in [0, 0.1) is 0 Å². The smallest absolute Gasteiger partial charge is 0.335 e. The van der Waals surface area contributed by atoms with Gasteiger partial charge in [-0.2, -0.15) is 0 Å². The number of carbonyl (C=O) groups is 1. The van der Waals surface area contributed by atoms with Crippen LogP contribution in [-0.2, 0) is 6.42 Å². The van der Waals surface area contributed by atoms with Crippen molar-refractivity contribution in [3.8, 4) is 0 Å². The zero-order valence-electron chi connectivity index (χ0n) is 10.2. The van der Waals surface area contributed by atoms with Gasteiger partial charge in [-0.15, -0.1) is 0 Å². The summed E-state index contributed by atoms with van der Waals surface area (Å²) >= 11 is 0. The Bertz CT molecular complexity index is 380. The lowest BCUT2D eigenvalue weighted by molar-refractivity contribution is 0.0697. The summed E-state index contributed by atoms with van der Waals surface area (Å²) in [4.78, 5) is 13.2. The van der Waals surface area contributed by atoms with E-state index in [9.17, 15) is 4.79 Å². The highest BCUT2D eigenvalue weighted by molar-refractivity contribution is 5.87. The van der Waals surface area contributed by atoms with Crippen molar-refractivity contribution in [1.29, 1.82) is 0 Å². The Morgan fingerprint density at radius 3 is 2.41 bits per heavy atom. The van der Waals surface area contributed by atoms with E-state index in [2.05, 4.69) is 11.8 Å². The van der Waals surface area contributed by atoms with Crippen molar-refractivity contribution in [2.24, 2.45) is 0 Å². The molecule has 1 aliphatic rings. The quantitative estimate of drug-likeness (QED) is 0.868. The van der Waals surface area contributed by atoms with Crippen LogP contribution < -0.4 is 0 Å². The fourth-order valence-electron chi connectivity index (χ4n) is 2.44. The predicted octanol–water partition coefficient (Wildman–Crippen LogP) is 2.41. The third-order valence-electron chi connectivity index (χ3n) is 3.50. The summed E-state index contributed by atoms with van der Waals surface area (Å²) in [5, 5.41) is 8.82. The molecule has 3 heteroatoms. The Morgan fingerprint density at radius 2 is 1.88 bits per heavy atom. The summed E-state index contributed by atoms with van der Waals surface area (Å²) in [6.45, 7) is 4.65. The molecule has 17 heavy (non-hydrogen) atoms. The number of benzene rings is 1. The average molecular weight is 233 g/mol. The Balaban J connectivity index is 1.96. The first-order chi connectivity index (χ1) is 8.16. The van der Waals surface area contributed by atoms with Gasteiger partial charge in [-0.3, -0.25) is 0 Å². The van der Waals surface area contributed by atoms with Gasteiger partial charge in [-0.1, -0.05) is 12.1 Å². The summed E-state index contributed by atoms with van der Waals surface area (Å²) in [6, 6.07) is 7.78. The molecule has 0 amide bonds. The van der Waals surface area contributed by atoms with Crippen molar-refractivity contribution in [3.63, 3.8) is 0 Å². The summed E-state index contributed by atoms with van der Waals surface area (Å²) in [5.74, 6) is -0.857. The Labute approximate surface area is 102 Å². The van der Waals surface area contributed by atoms with Crippen molar-refractivity contribution < 1.29 is 9.90 Å². The highest BCUT2D eigenvalue weighted by atomic mass is 16.4. The van der Waals surface area contributed by atoms with E-state index >= 15 is 0 Å². The zero-order chi connectivity index (χ0) is 12.3. The van der Waals surface area contributed by atoms with Crippen molar-refractivity contribution in [2.75, 3.05) is 13.1 Å². The van der Waals surface area contributed by atoms with E-state index in [0.29, 0.717) is 11.6 Å². The summed E-state index contributed by atoms with van der Waals surface area (Å²) in [7, 11) is 0. The number of rotatable bonds is 4. The molecule has 1 atom stereocenters. The number of carboxylic acids is 1. The molecule has 92 valence electrons. The third-order valence-corrected chi connectivity index (χ3v) is 3.50. The van der Waals surface area contributed by atoms with Gasteiger partial charge < -0.3 is 10.0 Å². The first kappa shape index (κ1) is 12.1. The van der Waals surface area contributed by atoms with Gasteiger partial charge >= 0.3 is 5.97 Å². The molecule has 1 aliphatic heterocycles. The molecule has 1 unspecified atom stereocenters. The molecule has 1 saturated heterocycles. The van der Waals surface area contributed by atoms with Crippen LogP contribution >= 0.6 is 0 Å². The van der Waals surface area contributed by atoms with E-state index in [4.69, 9.17) is 5.11 Å². The number of likely N-dealkylation sites (tertiary alicyclic amines) is 1. The lowest BCUT2D eigenvalue weighted by Crippen LogP contribution is -2.31. The number of hydrogen-bond donors (Lipinski definition) is 1. The van der Waals surface area contributed by atoms with E-state index in [-0.39, 0.29) is 0 Å². The molecule has 1 fully saturated rings. The Morgan fingerprint density at radius 1 is 1.29 bits per heavy atom. The number of carboxylic acid groups (broad SMARTS) is 1. The molecule has 1 aromatic carbocycles. The standard InChI is InChI=1S/C14H19NO2/c1-11(15-8-2-3-9-15)10-12-4-6-13(7-5-12)14(16)17/h4-7,11H,2-3,8-10H2,1H3,(H,16,17). The van der Waals surface area contributed by atoms with E-state index in [1.54, 1.807) is 12.1 Å². The van der Waals surface area contributed by atoms with Gasteiger partial charge in [0.2, 0.25) is 0 Å². The van der Waals surface area contributed by atoms with E-state index in [1.165, 1.54) is 31.5 Å². The summed E-state index contributed by atoms with van der Waals surface area (Å²) < 4.78 is 0.